The zero-order valence-corrected chi connectivity index (χ0v) is 37.9. The van der Waals surface area contributed by atoms with Gasteiger partial charge in [0.15, 0.2) is 0 Å². The number of hydrogen-bond donors (Lipinski definition) is 1. The highest BCUT2D eigenvalue weighted by Crippen LogP contribution is 2.45. The number of benzene rings is 6. The lowest BCUT2D eigenvalue weighted by Crippen LogP contribution is -2.17. The van der Waals surface area contributed by atoms with Crippen molar-refractivity contribution in [2.45, 2.75) is 104 Å². The molecule has 2 aromatic heterocycles. The van der Waals surface area contributed by atoms with Crippen LogP contribution < -0.4 is 0 Å². The van der Waals surface area contributed by atoms with Crippen molar-refractivity contribution in [2.24, 2.45) is 0 Å². The number of aryl methyl sites for hydroxylation is 4. The molecule has 0 amide bonds. The van der Waals surface area contributed by atoms with Crippen molar-refractivity contribution >= 4 is 11.0 Å². The van der Waals surface area contributed by atoms with Gasteiger partial charge in [0, 0.05) is 22.9 Å². The van der Waals surface area contributed by atoms with E-state index < -0.39 is 0 Å². The molecule has 0 saturated heterocycles. The predicted molar refractivity (Wildman–Crippen MR) is 260 cm³/mol. The van der Waals surface area contributed by atoms with Gasteiger partial charge in [-0.2, -0.15) is 0 Å². The molecular formula is C58H59N3O. The topological polar surface area (TPSA) is 50.9 Å². The maximum absolute atomic E-state index is 12.5. The molecule has 1 N–H and O–H groups in total. The summed E-state index contributed by atoms with van der Waals surface area (Å²) in [6, 6.07) is 48.9. The van der Waals surface area contributed by atoms with Gasteiger partial charge in [-0.1, -0.05) is 153 Å². The van der Waals surface area contributed by atoms with E-state index in [1.54, 1.807) is 0 Å². The van der Waals surface area contributed by atoms with E-state index in [4.69, 9.17) is 9.97 Å². The van der Waals surface area contributed by atoms with E-state index in [1.165, 1.54) is 33.4 Å². The SMILES string of the molecule is CC(C)(C)c1cc(-c2cc(-c3ccccc3)ccn2)cc(-c2cccc3c2nc(-c2cc(C(C)(C)C)cc(C(C)(C)C)c2O)n3-c2cc3ccc2CCc2ccc(cc2)CC3)c1. The minimum atomic E-state index is -0.300. The number of phenolic OH excluding ortho intramolecular Hbond substituents is 1. The molecule has 6 aromatic carbocycles. The summed E-state index contributed by atoms with van der Waals surface area (Å²) in [7, 11) is 0. The molecule has 312 valence electrons. The van der Waals surface area contributed by atoms with Crippen molar-refractivity contribution in [2.75, 3.05) is 0 Å². The van der Waals surface area contributed by atoms with E-state index in [0.717, 1.165) is 92.9 Å². The standard InChI is InChI=1S/C58H59N3O/c1-56(2,3)45-32-43(31-44(33-45)50-34-42(28-29-59-50)40-14-11-10-12-15-40)47-16-13-17-51-53(47)60-55(48-35-46(57(4,5)6)36-49(54(48)62)58(7,8)9)61(51)52-30-39-23-22-37-18-20-38(21-19-37)24-26-41(52)27-25-39/h10-21,25,27-36,62H,22-24,26H2,1-9H3. The van der Waals surface area contributed by atoms with Gasteiger partial charge in [-0.05, 0) is 134 Å². The fourth-order valence-corrected chi connectivity index (χ4v) is 8.95. The molecule has 0 atom stereocenters. The number of fused-ring (bicyclic) bond motifs is 1. The molecule has 0 unspecified atom stereocenters. The van der Waals surface area contributed by atoms with E-state index in [2.05, 4.69) is 200 Å². The summed E-state index contributed by atoms with van der Waals surface area (Å²) in [6.45, 7) is 20.1. The minimum Gasteiger partial charge on any atom is -0.507 e. The lowest BCUT2D eigenvalue weighted by atomic mass is 9.79. The maximum atomic E-state index is 12.5. The van der Waals surface area contributed by atoms with E-state index >= 15 is 0 Å². The van der Waals surface area contributed by atoms with Gasteiger partial charge in [0.05, 0.1) is 28.0 Å². The molecule has 4 heteroatoms. The number of aromatic hydroxyl groups is 1. The van der Waals surface area contributed by atoms with Crippen LogP contribution in [0.2, 0.25) is 0 Å². The smallest absolute Gasteiger partial charge is 0.149 e. The van der Waals surface area contributed by atoms with Crippen LogP contribution in [0.15, 0.2) is 140 Å². The fraction of sp³-hybridized carbons (Fsp3) is 0.276. The monoisotopic (exact) mass is 813 g/mol. The van der Waals surface area contributed by atoms with Crippen molar-refractivity contribution < 1.29 is 5.11 Å². The number of pyridine rings is 1. The van der Waals surface area contributed by atoms with Crippen LogP contribution in [0.3, 0.4) is 0 Å². The summed E-state index contributed by atoms with van der Waals surface area (Å²) in [5.41, 5.74) is 18.2. The Bertz CT molecular complexity index is 2950. The second kappa shape index (κ2) is 15.6. The van der Waals surface area contributed by atoms with Crippen LogP contribution in [0.1, 0.15) is 101 Å². The number of hydrogen-bond acceptors (Lipinski definition) is 3. The quantitative estimate of drug-likeness (QED) is 0.188. The van der Waals surface area contributed by atoms with E-state index in [1.807, 2.05) is 6.20 Å². The van der Waals surface area contributed by atoms with Gasteiger partial charge in [-0.3, -0.25) is 9.55 Å². The molecule has 12 rings (SSSR count). The highest BCUT2D eigenvalue weighted by Gasteiger charge is 2.29. The molecule has 0 aliphatic heterocycles. The minimum absolute atomic E-state index is 0.124. The Morgan fingerprint density at radius 3 is 1.84 bits per heavy atom. The normalized spacial score (nSPS) is 13.4. The molecule has 8 aromatic rings. The highest BCUT2D eigenvalue weighted by molar-refractivity contribution is 5.97. The Morgan fingerprint density at radius 2 is 1.15 bits per heavy atom. The zero-order chi connectivity index (χ0) is 43.6. The number of para-hydroxylation sites is 1. The highest BCUT2D eigenvalue weighted by atomic mass is 16.3. The molecule has 4 aliphatic rings. The molecule has 0 fully saturated rings. The summed E-state index contributed by atoms with van der Waals surface area (Å²) >= 11 is 0. The van der Waals surface area contributed by atoms with Crippen LogP contribution >= 0.6 is 0 Å². The first-order chi connectivity index (χ1) is 29.5. The van der Waals surface area contributed by atoms with Crippen LogP contribution in [0.5, 0.6) is 5.75 Å². The third-order valence-electron chi connectivity index (χ3n) is 12.8. The van der Waals surface area contributed by atoms with Gasteiger partial charge in [-0.15, -0.1) is 0 Å². The Labute approximate surface area is 368 Å². The lowest BCUT2D eigenvalue weighted by molar-refractivity contribution is 0.446. The third kappa shape index (κ3) is 7.99. The largest absolute Gasteiger partial charge is 0.507 e. The Morgan fingerprint density at radius 1 is 0.500 bits per heavy atom. The van der Waals surface area contributed by atoms with Crippen LogP contribution in [0.25, 0.3) is 61.6 Å². The van der Waals surface area contributed by atoms with Gasteiger partial charge < -0.3 is 5.11 Å². The van der Waals surface area contributed by atoms with E-state index in [0.29, 0.717) is 0 Å². The molecule has 2 heterocycles. The lowest BCUT2D eigenvalue weighted by Gasteiger charge is -2.27. The number of imidazole rings is 1. The predicted octanol–water partition coefficient (Wildman–Crippen LogP) is 14.6. The van der Waals surface area contributed by atoms with Crippen molar-refractivity contribution in [1.29, 1.82) is 0 Å². The molecule has 62 heavy (non-hydrogen) atoms. The summed E-state index contributed by atoms with van der Waals surface area (Å²) in [5.74, 6) is 1.04. The second-order valence-electron chi connectivity index (χ2n) is 20.5. The number of phenols is 1. The van der Waals surface area contributed by atoms with Crippen LogP contribution in [0.4, 0.5) is 0 Å². The Balaban J connectivity index is 1.32. The van der Waals surface area contributed by atoms with Crippen molar-refractivity contribution in [1.82, 2.24) is 14.5 Å². The third-order valence-corrected chi connectivity index (χ3v) is 12.8. The first-order valence-electron chi connectivity index (χ1n) is 22.3. The van der Waals surface area contributed by atoms with Crippen molar-refractivity contribution in [3.63, 3.8) is 0 Å². The number of rotatable bonds is 5. The Hall–Kier alpha value is -6.26. The van der Waals surface area contributed by atoms with Crippen LogP contribution in [0, 0.1) is 0 Å². The van der Waals surface area contributed by atoms with E-state index in [-0.39, 0.29) is 22.0 Å². The van der Waals surface area contributed by atoms with Crippen molar-refractivity contribution in [3.05, 3.63) is 179 Å². The molecular weight excluding hydrogens is 755 g/mol. The van der Waals surface area contributed by atoms with Gasteiger partial charge >= 0.3 is 0 Å². The zero-order valence-electron chi connectivity index (χ0n) is 37.9. The average molecular weight is 814 g/mol. The summed E-state index contributed by atoms with van der Waals surface area (Å²) in [4.78, 5) is 10.7. The first kappa shape index (κ1) is 41.1. The van der Waals surface area contributed by atoms with Gasteiger partial charge in [-0.25, -0.2) is 4.98 Å². The van der Waals surface area contributed by atoms with Crippen LogP contribution in [-0.2, 0) is 41.9 Å². The maximum Gasteiger partial charge on any atom is 0.149 e. The number of nitrogens with zero attached hydrogens (tertiary/aromatic N) is 3. The van der Waals surface area contributed by atoms with Gasteiger partial charge in [0.25, 0.3) is 0 Å². The van der Waals surface area contributed by atoms with Crippen molar-refractivity contribution in [3.8, 4) is 56.3 Å². The first-order valence-corrected chi connectivity index (χ1v) is 22.3. The van der Waals surface area contributed by atoms with Gasteiger partial charge in [0.2, 0.25) is 0 Å². The molecule has 4 aliphatic carbocycles. The molecule has 0 radical (unpaired) electrons. The second-order valence-corrected chi connectivity index (χ2v) is 20.5. The Kier molecular flexibility index (Phi) is 10.3. The van der Waals surface area contributed by atoms with Gasteiger partial charge in [0.1, 0.15) is 11.6 Å². The average Bonchev–Trinajstić information content (AvgIpc) is 3.63. The molecule has 4 nitrogen and oxygen atoms in total. The summed E-state index contributed by atoms with van der Waals surface area (Å²) in [5, 5.41) is 12.5. The summed E-state index contributed by atoms with van der Waals surface area (Å²) < 4.78 is 2.36. The molecule has 0 spiro atoms. The number of aromatic nitrogens is 3. The summed E-state index contributed by atoms with van der Waals surface area (Å²) in [6.07, 6.45) is 5.63. The van der Waals surface area contributed by atoms with E-state index in [9.17, 15) is 5.11 Å². The molecule has 0 saturated carbocycles. The molecule has 4 bridgehead atoms. The fourth-order valence-electron chi connectivity index (χ4n) is 8.95. The van der Waals surface area contributed by atoms with Crippen LogP contribution in [-0.4, -0.2) is 19.6 Å².